The molecular weight excluding hydrogens is 194 g/mol. The van der Waals surface area contributed by atoms with Crippen LogP contribution in [-0.4, -0.2) is 53.6 Å². The summed E-state index contributed by atoms with van der Waals surface area (Å²) in [5, 5.41) is 0. The van der Waals surface area contributed by atoms with Crippen molar-refractivity contribution in [2.45, 2.75) is 0 Å². The van der Waals surface area contributed by atoms with Crippen molar-refractivity contribution in [1.29, 1.82) is 0 Å². The molecule has 0 aromatic heterocycles. The molecule has 0 spiro atoms. The molecule has 0 aliphatic carbocycles. The topological polar surface area (TPSA) is 57.0 Å². The van der Waals surface area contributed by atoms with Crippen LogP contribution in [0.2, 0.25) is 0 Å². The van der Waals surface area contributed by atoms with Gasteiger partial charge in [0.15, 0.2) is 23.4 Å². The molecule has 1 aliphatic heterocycles. The highest BCUT2D eigenvalue weighted by Gasteiger charge is 2.24. The molecule has 5 nitrogen and oxygen atoms in total. The number of hydrogen-bond acceptors (Lipinski definition) is 4. The predicted octanol–water partition coefficient (Wildman–Crippen LogP) is -2.12. The lowest BCUT2D eigenvalue weighted by molar-refractivity contribution is -0.917. The van der Waals surface area contributed by atoms with Crippen LogP contribution < -0.4 is 4.90 Å². The fourth-order valence-electron chi connectivity index (χ4n) is 1.24. The molecule has 0 atom stereocenters. The zero-order chi connectivity index (χ0) is 9.73. The Kier molecular flexibility index (Phi) is 4.11. The Bertz CT molecular complexity index is 225. The molecule has 13 heavy (non-hydrogen) atoms. The second kappa shape index (κ2) is 4.90. The number of methoxy groups -OCH3 is 1. The van der Waals surface area contributed by atoms with Gasteiger partial charge in [-0.3, -0.25) is 0 Å². The van der Waals surface area contributed by atoms with Gasteiger partial charge in [0.05, 0.1) is 24.6 Å². The van der Waals surface area contributed by atoms with Crippen molar-refractivity contribution in [1.82, 2.24) is 0 Å². The molecular formula is C7H16NO4S+. The fourth-order valence-corrected chi connectivity index (χ4v) is 2.64. The van der Waals surface area contributed by atoms with Gasteiger partial charge in [-0.15, -0.1) is 0 Å². The Hall–Kier alpha value is -0.170. The van der Waals surface area contributed by atoms with Crippen molar-refractivity contribution in [3.63, 3.8) is 0 Å². The monoisotopic (exact) mass is 210 g/mol. The van der Waals surface area contributed by atoms with E-state index in [1.807, 2.05) is 0 Å². The first-order valence-electron chi connectivity index (χ1n) is 4.25. The molecule has 1 saturated heterocycles. The molecule has 1 fully saturated rings. The molecule has 0 bridgehead atoms. The molecule has 0 amide bonds. The van der Waals surface area contributed by atoms with Crippen LogP contribution in [0, 0.1) is 0 Å². The summed E-state index contributed by atoms with van der Waals surface area (Å²) in [6.07, 6.45) is 0. The Labute approximate surface area is 78.5 Å². The van der Waals surface area contributed by atoms with E-state index in [9.17, 15) is 8.42 Å². The molecule has 1 heterocycles. The molecule has 1 aliphatic rings. The number of rotatable bonds is 4. The molecule has 0 saturated carbocycles. The van der Waals surface area contributed by atoms with Crippen molar-refractivity contribution >= 4 is 9.84 Å². The van der Waals surface area contributed by atoms with Gasteiger partial charge in [-0.1, -0.05) is 0 Å². The molecule has 0 aromatic carbocycles. The molecule has 0 unspecified atom stereocenters. The van der Waals surface area contributed by atoms with E-state index in [-0.39, 0.29) is 18.3 Å². The van der Waals surface area contributed by atoms with E-state index in [0.717, 1.165) is 0 Å². The summed E-state index contributed by atoms with van der Waals surface area (Å²) in [6.45, 7) is 2.09. The minimum atomic E-state index is -2.75. The van der Waals surface area contributed by atoms with E-state index in [4.69, 9.17) is 9.47 Å². The summed E-state index contributed by atoms with van der Waals surface area (Å²) in [7, 11) is -1.19. The number of nitrogens with one attached hydrogen (secondary N) is 1. The van der Waals surface area contributed by atoms with Gasteiger partial charge in [0.2, 0.25) is 0 Å². The van der Waals surface area contributed by atoms with Gasteiger partial charge in [-0.05, 0) is 0 Å². The summed E-state index contributed by atoms with van der Waals surface area (Å²) in [5.41, 5.74) is 0. The zero-order valence-corrected chi connectivity index (χ0v) is 8.60. The smallest absolute Gasteiger partial charge is 0.184 e. The summed E-state index contributed by atoms with van der Waals surface area (Å²) in [4.78, 5) is 1.17. The van der Waals surface area contributed by atoms with Gasteiger partial charge in [0.1, 0.15) is 0 Å². The standard InChI is InChI=1S/C7H15NO4S/c1-11-7-12-6-8-2-4-13(9,10)5-3-8/h2-7H2,1H3/p+1. The maximum atomic E-state index is 11.0. The SMILES string of the molecule is COCOC[NH+]1CCS(=O)(=O)CC1. The molecule has 0 aromatic rings. The van der Waals surface area contributed by atoms with Crippen LogP contribution in [0.4, 0.5) is 0 Å². The van der Waals surface area contributed by atoms with E-state index in [2.05, 4.69) is 0 Å². The van der Waals surface area contributed by atoms with Gasteiger partial charge in [-0.25, -0.2) is 8.42 Å². The second-order valence-corrected chi connectivity index (χ2v) is 5.46. The fraction of sp³-hybridized carbons (Fsp3) is 1.00. The summed E-state index contributed by atoms with van der Waals surface area (Å²) in [5.74, 6) is 0.553. The maximum absolute atomic E-state index is 11.0. The Morgan fingerprint density at radius 1 is 1.31 bits per heavy atom. The third kappa shape index (κ3) is 4.04. The highest BCUT2D eigenvalue weighted by molar-refractivity contribution is 7.91. The molecule has 1 N–H and O–H groups in total. The third-order valence-electron chi connectivity index (χ3n) is 2.04. The van der Waals surface area contributed by atoms with Gasteiger partial charge in [0.25, 0.3) is 0 Å². The van der Waals surface area contributed by atoms with Crippen LogP contribution >= 0.6 is 0 Å². The van der Waals surface area contributed by atoms with Gasteiger partial charge < -0.3 is 14.4 Å². The van der Waals surface area contributed by atoms with Crippen LogP contribution in [0.3, 0.4) is 0 Å². The van der Waals surface area contributed by atoms with Gasteiger partial charge >= 0.3 is 0 Å². The predicted molar refractivity (Wildman–Crippen MR) is 47.2 cm³/mol. The highest BCUT2D eigenvalue weighted by atomic mass is 32.2. The lowest BCUT2D eigenvalue weighted by Crippen LogP contribution is -3.14. The largest absolute Gasteiger partial charge is 0.358 e. The maximum Gasteiger partial charge on any atom is 0.184 e. The molecule has 0 radical (unpaired) electrons. The molecule has 6 heteroatoms. The number of quaternary nitrogens is 1. The van der Waals surface area contributed by atoms with Crippen LogP contribution in [0.5, 0.6) is 0 Å². The Morgan fingerprint density at radius 3 is 2.46 bits per heavy atom. The number of ether oxygens (including phenoxy) is 2. The lowest BCUT2D eigenvalue weighted by Gasteiger charge is -2.22. The summed E-state index contributed by atoms with van der Waals surface area (Å²) in [6, 6.07) is 0. The third-order valence-corrected chi connectivity index (χ3v) is 3.69. The van der Waals surface area contributed by atoms with E-state index < -0.39 is 9.84 Å². The minimum absolute atomic E-state index is 0.274. The number of sulfone groups is 1. The zero-order valence-electron chi connectivity index (χ0n) is 7.78. The van der Waals surface area contributed by atoms with Crippen molar-refractivity contribution in [2.24, 2.45) is 0 Å². The average molecular weight is 210 g/mol. The van der Waals surface area contributed by atoms with Crippen LogP contribution in [-0.2, 0) is 19.3 Å². The quantitative estimate of drug-likeness (QED) is 0.426. The lowest BCUT2D eigenvalue weighted by atomic mass is 10.5. The first kappa shape index (κ1) is 10.9. The van der Waals surface area contributed by atoms with Crippen molar-refractivity contribution < 1.29 is 22.8 Å². The van der Waals surface area contributed by atoms with E-state index >= 15 is 0 Å². The van der Waals surface area contributed by atoms with E-state index in [0.29, 0.717) is 19.8 Å². The molecule has 1 rings (SSSR count). The van der Waals surface area contributed by atoms with Gasteiger partial charge in [-0.2, -0.15) is 0 Å². The van der Waals surface area contributed by atoms with Gasteiger partial charge in [0, 0.05) is 7.11 Å². The van der Waals surface area contributed by atoms with Crippen LogP contribution in [0.1, 0.15) is 0 Å². The van der Waals surface area contributed by atoms with Crippen molar-refractivity contribution in [3.05, 3.63) is 0 Å². The van der Waals surface area contributed by atoms with E-state index in [1.165, 1.54) is 4.90 Å². The highest BCUT2D eigenvalue weighted by Crippen LogP contribution is 1.89. The second-order valence-electron chi connectivity index (χ2n) is 3.16. The molecule has 78 valence electrons. The number of hydrogen-bond donors (Lipinski definition) is 1. The van der Waals surface area contributed by atoms with Crippen LogP contribution in [0.25, 0.3) is 0 Å². The first-order valence-corrected chi connectivity index (χ1v) is 6.07. The minimum Gasteiger partial charge on any atom is -0.358 e. The average Bonchev–Trinajstić information content (AvgIpc) is 2.08. The summed E-state index contributed by atoms with van der Waals surface area (Å²) < 4.78 is 32.0. The van der Waals surface area contributed by atoms with Crippen molar-refractivity contribution in [2.75, 3.05) is 45.2 Å². The summed E-state index contributed by atoms with van der Waals surface area (Å²) >= 11 is 0. The normalized spacial score (nSPS) is 23.2. The van der Waals surface area contributed by atoms with Crippen molar-refractivity contribution in [3.8, 4) is 0 Å². The Morgan fingerprint density at radius 2 is 1.92 bits per heavy atom. The Balaban J connectivity index is 2.18. The van der Waals surface area contributed by atoms with Crippen LogP contribution in [0.15, 0.2) is 0 Å². The van der Waals surface area contributed by atoms with E-state index in [1.54, 1.807) is 7.11 Å². The first-order chi connectivity index (χ1) is 6.14.